The maximum atomic E-state index is 10.4. The zero-order chi connectivity index (χ0) is 17.7. The average molecular weight is 318 g/mol. The highest BCUT2D eigenvalue weighted by Gasteiger charge is 2.30. The van der Waals surface area contributed by atoms with E-state index in [9.17, 15) is 30.3 Å². The van der Waals surface area contributed by atoms with Gasteiger partial charge >= 0.3 is 11.4 Å². The van der Waals surface area contributed by atoms with E-state index in [-0.39, 0.29) is 6.61 Å². The number of hydrogen-bond donors (Lipinski definition) is 3. The van der Waals surface area contributed by atoms with Crippen molar-refractivity contribution in [2.24, 2.45) is 5.73 Å². The maximum Gasteiger partial charge on any atom is 0.324 e. The van der Waals surface area contributed by atoms with Gasteiger partial charge in [-0.15, -0.1) is 0 Å². The van der Waals surface area contributed by atoms with Crippen LogP contribution in [0.15, 0.2) is 12.1 Å². The molecule has 0 radical (unpaired) electrons. The summed E-state index contributed by atoms with van der Waals surface area (Å²) in [6.45, 7) is 3.59. The van der Waals surface area contributed by atoms with Crippen molar-refractivity contribution >= 4 is 17.1 Å². The van der Waals surface area contributed by atoms with Gasteiger partial charge in [0.05, 0.1) is 33.5 Å². The summed E-state index contributed by atoms with van der Waals surface area (Å²) in [7, 11) is 0. The number of nitrogens with zero attached hydrogens (tertiary/aromatic N) is 3. The Labute approximate surface area is 123 Å². The molecule has 1 aromatic carbocycles. The van der Waals surface area contributed by atoms with Gasteiger partial charge in [0.2, 0.25) is 0 Å². The minimum absolute atomic E-state index is 0.0486. The van der Waals surface area contributed by atoms with Crippen LogP contribution in [0, 0.1) is 30.3 Å². The number of benzene rings is 1. The zero-order valence-electron chi connectivity index (χ0n) is 11.6. The minimum Gasteiger partial charge on any atom is -0.497 e. The molecular weight excluding hydrogens is 304 g/mol. The Morgan fingerprint density at radius 1 is 1.05 bits per heavy atom. The second-order valence-corrected chi connectivity index (χ2v) is 4.75. The van der Waals surface area contributed by atoms with Gasteiger partial charge in [0.25, 0.3) is 11.4 Å². The van der Waals surface area contributed by atoms with Crippen molar-refractivity contribution in [1.82, 2.24) is 0 Å². The number of nitrogens with two attached hydrogens (primary N) is 1. The molecule has 0 spiro atoms. The minimum atomic E-state index is -1.21. The highest BCUT2D eigenvalue weighted by Crippen LogP contribution is 2.38. The lowest BCUT2D eigenvalue weighted by molar-refractivity contribution is -0.404. The van der Waals surface area contributed by atoms with E-state index < -0.39 is 43.1 Å². The Morgan fingerprint density at radius 2 is 1.36 bits per heavy atom. The molecule has 0 saturated carbocycles. The molecule has 12 nitrogen and oxygen atoms in total. The number of aliphatic hydroxyl groups excluding tert-OH is 1. The molecular formula is C10H14N4O8. The highest BCUT2D eigenvalue weighted by molar-refractivity contribution is 5.64. The summed E-state index contributed by atoms with van der Waals surface area (Å²) in [5.74, 6) is -1.21. The van der Waals surface area contributed by atoms with Crippen LogP contribution in [0.2, 0.25) is 0 Å². The number of phenolic OH excluding ortho intramolecular Hbond substituents is 1. The third kappa shape index (κ3) is 5.64. The number of hydrogen-bond acceptors (Lipinski definition) is 9. The SMILES string of the molecule is CC(C)(N)CO.O=[N+]([O-])c1cc([N+](=O)[O-])c(O)c([N+](=O)[O-])c1. The van der Waals surface area contributed by atoms with Gasteiger partial charge in [-0.1, -0.05) is 0 Å². The zero-order valence-corrected chi connectivity index (χ0v) is 11.6. The summed E-state index contributed by atoms with van der Waals surface area (Å²) in [4.78, 5) is 27.8. The number of aliphatic hydroxyl groups is 1. The lowest BCUT2D eigenvalue weighted by atomic mass is 10.1. The van der Waals surface area contributed by atoms with Crippen molar-refractivity contribution in [3.8, 4) is 5.75 Å². The van der Waals surface area contributed by atoms with Crippen LogP contribution in [0.25, 0.3) is 0 Å². The van der Waals surface area contributed by atoms with Gasteiger partial charge in [0.1, 0.15) is 0 Å². The van der Waals surface area contributed by atoms with Crippen LogP contribution in [-0.2, 0) is 0 Å². The van der Waals surface area contributed by atoms with Crippen molar-refractivity contribution < 1.29 is 25.0 Å². The Hall–Kier alpha value is -2.86. The average Bonchev–Trinajstić information content (AvgIpc) is 2.37. The summed E-state index contributed by atoms with van der Waals surface area (Å²) >= 11 is 0. The van der Waals surface area contributed by atoms with Gasteiger partial charge in [0.15, 0.2) is 0 Å². The number of nitro groups is 3. The largest absolute Gasteiger partial charge is 0.497 e. The normalized spacial score (nSPS) is 10.4. The molecule has 0 aromatic heterocycles. The monoisotopic (exact) mass is 318 g/mol. The van der Waals surface area contributed by atoms with E-state index in [1.165, 1.54) is 0 Å². The van der Waals surface area contributed by atoms with Crippen molar-refractivity contribution in [2.75, 3.05) is 6.61 Å². The summed E-state index contributed by atoms with van der Waals surface area (Å²) in [5.41, 5.74) is 1.88. The van der Waals surface area contributed by atoms with Crippen LogP contribution < -0.4 is 5.73 Å². The standard InChI is InChI=1S/C6H3N3O7.C4H11NO/c10-6-4(8(13)14)1-3(7(11)12)2-5(6)9(15)16;1-4(2,5)3-6/h1-2,10H;6H,3,5H2,1-2H3. The number of phenols is 1. The van der Waals surface area contributed by atoms with Gasteiger partial charge in [0, 0.05) is 5.54 Å². The topological polar surface area (TPSA) is 196 Å². The molecule has 122 valence electrons. The van der Waals surface area contributed by atoms with Gasteiger partial charge in [-0.05, 0) is 13.8 Å². The first-order valence-corrected chi connectivity index (χ1v) is 5.60. The summed E-state index contributed by atoms with van der Waals surface area (Å²) in [6, 6.07) is 0.894. The molecule has 22 heavy (non-hydrogen) atoms. The van der Waals surface area contributed by atoms with E-state index in [1.807, 2.05) is 0 Å². The van der Waals surface area contributed by atoms with Crippen LogP contribution >= 0.6 is 0 Å². The fraction of sp³-hybridized carbons (Fsp3) is 0.400. The molecule has 12 heteroatoms. The van der Waals surface area contributed by atoms with E-state index in [4.69, 9.17) is 15.9 Å². The summed E-state index contributed by atoms with van der Waals surface area (Å²) < 4.78 is 0. The fourth-order valence-electron chi connectivity index (χ4n) is 0.974. The predicted molar refractivity (Wildman–Crippen MR) is 73.4 cm³/mol. The maximum absolute atomic E-state index is 10.4. The molecule has 0 aliphatic heterocycles. The lowest BCUT2D eigenvalue weighted by Crippen LogP contribution is -2.35. The molecule has 1 rings (SSSR count). The highest BCUT2D eigenvalue weighted by atomic mass is 16.6. The van der Waals surface area contributed by atoms with Crippen LogP contribution in [-0.4, -0.2) is 37.1 Å². The quantitative estimate of drug-likeness (QED) is 0.531. The molecule has 0 heterocycles. The first-order chi connectivity index (χ1) is 9.90. The molecule has 0 aliphatic rings. The van der Waals surface area contributed by atoms with Crippen LogP contribution in [0.4, 0.5) is 17.1 Å². The molecule has 0 saturated heterocycles. The second-order valence-electron chi connectivity index (χ2n) is 4.75. The Morgan fingerprint density at radius 3 is 1.55 bits per heavy atom. The Balaban J connectivity index is 0.000000626. The predicted octanol–water partition coefficient (Wildman–Crippen LogP) is 0.833. The van der Waals surface area contributed by atoms with Crippen molar-refractivity contribution in [2.45, 2.75) is 19.4 Å². The van der Waals surface area contributed by atoms with Gasteiger partial charge in [-0.2, -0.15) is 0 Å². The molecule has 0 amide bonds. The Bertz CT molecular complexity index is 560. The van der Waals surface area contributed by atoms with Crippen LogP contribution in [0.1, 0.15) is 13.8 Å². The van der Waals surface area contributed by atoms with E-state index >= 15 is 0 Å². The van der Waals surface area contributed by atoms with Gasteiger partial charge < -0.3 is 15.9 Å². The first kappa shape index (κ1) is 19.1. The second kappa shape index (κ2) is 7.24. The Kier molecular flexibility index (Phi) is 6.29. The van der Waals surface area contributed by atoms with E-state index in [2.05, 4.69) is 0 Å². The lowest BCUT2D eigenvalue weighted by Gasteiger charge is -2.12. The number of nitro benzene ring substituents is 3. The summed E-state index contributed by atoms with van der Waals surface area (Å²) in [5, 5.41) is 48.5. The fourth-order valence-corrected chi connectivity index (χ4v) is 0.974. The molecule has 1 aromatic rings. The third-order valence-electron chi connectivity index (χ3n) is 2.07. The number of non-ortho nitro benzene ring substituents is 1. The van der Waals surface area contributed by atoms with Crippen molar-refractivity contribution in [1.29, 1.82) is 0 Å². The van der Waals surface area contributed by atoms with E-state index in [0.717, 1.165) is 0 Å². The number of aromatic hydroxyl groups is 1. The summed E-state index contributed by atoms with van der Waals surface area (Å²) in [6.07, 6.45) is 0. The molecule has 0 fully saturated rings. The molecule has 4 N–H and O–H groups in total. The smallest absolute Gasteiger partial charge is 0.324 e. The third-order valence-corrected chi connectivity index (χ3v) is 2.07. The molecule has 0 unspecified atom stereocenters. The molecule has 0 bridgehead atoms. The van der Waals surface area contributed by atoms with Crippen molar-refractivity contribution in [3.63, 3.8) is 0 Å². The van der Waals surface area contributed by atoms with E-state index in [1.54, 1.807) is 13.8 Å². The van der Waals surface area contributed by atoms with Crippen LogP contribution in [0.5, 0.6) is 5.75 Å². The molecule has 0 aliphatic carbocycles. The first-order valence-electron chi connectivity index (χ1n) is 5.60. The van der Waals surface area contributed by atoms with E-state index in [0.29, 0.717) is 12.1 Å². The van der Waals surface area contributed by atoms with Gasteiger partial charge in [-0.3, -0.25) is 30.3 Å². The van der Waals surface area contributed by atoms with Crippen molar-refractivity contribution in [3.05, 3.63) is 42.5 Å². The van der Waals surface area contributed by atoms with Crippen LogP contribution in [0.3, 0.4) is 0 Å². The van der Waals surface area contributed by atoms with Gasteiger partial charge in [-0.25, -0.2) is 0 Å². The molecule has 0 atom stereocenters. The number of rotatable bonds is 4.